The quantitative estimate of drug-likeness (QED) is 0.250. The van der Waals surface area contributed by atoms with E-state index in [2.05, 4.69) is 5.32 Å². The molecule has 0 aromatic rings. The summed E-state index contributed by atoms with van der Waals surface area (Å²) < 4.78 is 4.86. The summed E-state index contributed by atoms with van der Waals surface area (Å²) >= 11 is 0. The van der Waals surface area contributed by atoms with Gasteiger partial charge in [0.05, 0.1) is 18.8 Å². The molecule has 10 heteroatoms. The van der Waals surface area contributed by atoms with Gasteiger partial charge in [0.15, 0.2) is 0 Å². The zero-order valence-electron chi connectivity index (χ0n) is 11.2. The van der Waals surface area contributed by atoms with E-state index in [0.717, 1.165) is 6.92 Å². The van der Waals surface area contributed by atoms with Gasteiger partial charge < -0.3 is 40.7 Å². The van der Waals surface area contributed by atoms with E-state index in [1.165, 1.54) is 0 Å². The Kier molecular flexibility index (Phi) is 5.61. The molecule has 1 heterocycles. The van der Waals surface area contributed by atoms with Crippen LogP contribution in [0.15, 0.2) is 0 Å². The van der Waals surface area contributed by atoms with Crippen LogP contribution < -0.4 is 5.32 Å². The van der Waals surface area contributed by atoms with E-state index < -0.39 is 61.1 Å². The molecule has 0 aliphatic carbocycles. The molecule has 1 aliphatic heterocycles. The standard InChI is InChI=1S/C11H19NO9/c1-4(14)12-7-5(15)2-11(20,10(18)19)21-9(7)8(17)6(16)3-13/h5-9,13,15-17,20H,2-3H2,1H3,(H,12,14)(H,18,19)/t5-,6+,7+,8+,9+,11?/m0/s1/i2+1,10+1,11+1. The van der Waals surface area contributed by atoms with Crippen LogP contribution in [0.4, 0.5) is 0 Å². The van der Waals surface area contributed by atoms with Crippen LogP contribution in [-0.4, -0.2) is 85.4 Å². The highest BCUT2D eigenvalue weighted by molar-refractivity contribution is 5.76. The number of amides is 1. The first kappa shape index (κ1) is 17.8. The van der Waals surface area contributed by atoms with E-state index in [-0.39, 0.29) is 0 Å². The SMILES string of the molecule is CC(=O)N[C@H]1[C@H]([C@H](O)[C@H](O)CO)O[13C](O)([13C](=O)O)[13CH2][C@@H]1O. The van der Waals surface area contributed by atoms with Crippen LogP contribution in [0.5, 0.6) is 0 Å². The first-order valence-corrected chi connectivity index (χ1v) is 6.18. The van der Waals surface area contributed by atoms with Gasteiger partial charge in [0.1, 0.15) is 18.3 Å². The van der Waals surface area contributed by atoms with Crippen molar-refractivity contribution in [3.05, 3.63) is 0 Å². The average molecular weight is 312 g/mol. The van der Waals surface area contributed by atoms with Gasteiger partial charge in [-0.3, -0.25) is 4.79 Å². The van der Waals surface area contributed by atoms with Crippen molar-refractivity contribution in [2.75, 3.05) is 6.61 Å². The van der Waals surface area contributed by atoms with Crippen molar-refractivity contribution < 1.29 is 45.0 Å². The molecule has 0 saturated carbocycles. The van der Waals surface area contributed by atoms with Crippen molar-refractivity contribution in [1.82, 2.24) is 5.32 Å². The molecule has 7 N–H and O–H groups in total. The maximum atomic E-state index is 11.1. The second-order valence-electron chi connectivity index (χ2n) is 4.91. The second-order valence-corrected chi connectivity index (χ2v) is 4.91. The average Bonchev–Trinajstić information content (AvgIpc) is 2.39. The maximum absolute atomic E-state index is 11.1. The smallest absolute Gasteiger partial charge is 0.364 e. The number of hydrogen-bond acceptors (Lipinski definition) is 8. The van der Waals surface area contributed by atoms with Crippen LogP contribution in [0.2, 0.25) is 0 Å². The Morgan fingerprint density at radius 3 is 2.43 bits per heavy atom. The van der Waals surface area contributed by atoms with Gasteiger partial charge >= 0.3 is 5.97 Å². The van der Waals surface area contributed by atoms with E-state index in [0.29, 0.717) is 0 Å². The minimum atomic E-state index is -2.78. The highest BCUT2D eigenvalue weighted by Crippen LogP contribution is 2.30. The number of carbonyl (C=O) groups excluding carboxylic acids is 1. The number of aliphatic carboxylic acids is 1. The van der Waals surface area contributed by atoms with Gasteiger partial charge in [0.25, 0.3) is 5.79 Å². The lowest BCUT2D eigenvalue weighted by atomic mass is 9.97. The summed E-state index contributed by atoms with van der Waals surface area (Å²) in [5.74, 6) is -5.17. The number of ether oxygens (including phenoxy) is 1. The Morgan fingerprint density at radius 1 is 1.43 bits per heavy atom. The fourth-order valence-corrected chi connectivity index (χ4v) is 2.14. The summed E-state index contributed by atoms with van der Waals surface area (Å²) in [7, 11) is 0. The van der Waals surface area contributed by atoms with Crippen LogP contribution in [0.25, 0.3) is 0 Å². The molecule has 1 aliphatic rings. The molecular weight excluding hydrogens is 293 g/mol. The number of aliphatic hydroxyl groups is 5. The molecule has 0 spiro atoms. The van der Waals surface area contributed by atoms with Crippen LogP contribution in [0.1, 0.15) is 13.3 Å². The normalized spacial score (nSPS) is 35.8. The van der Waals surface area contributed by atoms with Crippen LogP contribution in [0, 0.1) is 0 Å². The molecule has 6 atom stereocenters. The van der Waals surface area contributed by atoms with Crippen LogP contribution in [0.3, 0.4) is 0 Å². The van der Waals surface area contributed by atoms with Gasteiger partial charge in [-0.25, -0.2) is 4.79 Å². The lowest BCUT2D eigenvalue weighted by Crippen LogP contribution is -2.67. The first-order valence-electron chi connectivity index (χ1n) is 6.18. The third-order valence-corrected chi connectivity index (χ3v) is 3.21. The lowest BCUT2D eigenvalue weighted by Gasteiger charge is -2.44. The Labute approximate surface area is 119 Å². The lowest BCUT2D eigenvalue weighted by molar-refractivity contribution is -0.295. The molecule has 0 aromatic carbocycles. The first-order chi connectivity index (χ1) is 9.62. The van der Waals surface area contributed by atoms with Gasteiger partial charge in [0, 0.05) is 13.3 Å². The van der Waals surface area contributed by atoms with Gasteiger partial charge in [-0.2, -0.15) is 0 Å². The number of aliphatic hydroxyl groups excluding tert-OH is 4. The van der Waals surface area contributed by atoms with Gasteiger partial charge in [-0.15, -0.1) is 0 Å². The predicted octanol–water partition coefficient (Wildman–Crippen LogP) is -3.87. The number of carbonyl (C=O) groups is 2. The molecule has 1 unspecified atom stereocenters. The molecule has 1 fully saturated rings. The Morgan fingerprint density at radius 2 is 2.00 bits per heavy atom. The summed E-state index contributed by atoms with van der Waals surface area (Å²) in [6.45, 7) is 0.256. The number of carboxylic acid groups (broad SMARTS) is 1. The van der Waals surface area contributed by atoms with E-state index in [1.807, 2.05) is 0 Å². The summed E-state index contributed by atoms with van der Waals surface area (Å²) in [5, 5.41) is 59.0. The molecule has 0 aromatic heterocycles. The molecule has 21 heavy (non-hydrogen) atoms. The van der Waals surface area contributed by atoms with Crippen molar-refractivity contribution in [3.8, 4) is 0 Å². The minimum absolute atomic E-state index is 0.598. The minimum Gasteiger partial charge on any atom is -0.477 e. The van der Waals surface area contributed by atoms with Crippen molar-refractivity contribution in [2.45, 2.75) is 49.6 Å². The summed E-state index contributed by atoms with van der Waals surface area (Å²) in [6, 6.07) is -1.27. The molecule has 122 valence electrons. The summed E-state index contributed by atoms with van der Waals surface area (Å²) in [4.78, 5) is 22.1. The number of rotatable bonds is 5. The number of nitrogens with one attached hydrogen (secondary N) is 1. The van der Waals surface area contributed by atoms with Crippen molar-refractivity contribution in [3.63, 3.8) is 0 Å². The molecule has 0 bridgehead atoms. The summed E-state index contributed by atoms with van der Waals surface area (Å²) in [6.07, 6.45) is -7.48. The second kappa shape index (κ2) is 6.64. The fourth-order valence-electron chi connectivity index (χ4n) is 2.14. The Balaban J connectivity index is 3.07. The monoisotopic (exact) mass is 312 g/mol. The van der Waals surface area contributed by atoms with Crippen molar-refractivity contribution in [1.29, 1.82) is 0 Å². The molecule has 1 amide bonds. The van der Waals surface area contributed by atoms with Crippen LogP contribution >= 0.6 is 0 Å². The highest BCUT2D eigenvalue weighted by Gasteiger charge is 2.53. The summed E-state index contributed by atoms with van der Waals surface area (Å²) in [5.41, 5.74) is 0. The fraction of sp³-hybridized carbons (Fsp3) is 0.818. The van der Waals surface area contributed by atoms with E-state index >= 15 is 0 Å². The Bertz CT molecular complexity index is 403. The zero-order valence-corrected chi connectivity index (χ0v) is 11.2. The largest absolute Gasteiger partial charge is 0.477 e. The molecular formula is C11H19NO9. The molecule has 1 saturated heterocycles. The van der Waals surface area contributed by atoms with E-state index in [1.54, 1.807) is 0 Å². The number of carboxylic acids is 1. The van der Waals surface area contributed by atoms with Crippen molar-refractivity contribution in [2.24, 2.45) is 0 Å². The van der Waals surface area contributed by atoms with Gasteiger partial charge in [0.2, 0.25) is 5.91 Å². The van der Waals surface area contributed by atoms with Gasteiger partial charge in [-0.1, -0.05) is 0 Å². The van der Waals surface area contributed by atoms with Crippen LogP contribution in [-0.2, 0) is 14.3 Å². The zero-order chi connectivity index (χ0) is 16.4. The number of hydrogen-bond donors (Lipinski definition) is 7. The Hall–Kier alpha value is -1.30. The predicted molar refractivity (Wildman–Crippen MR) is 64.8 cm³/mol. The molecule has 1 rings (SSSR count). The van der Waals surface area contributed by atoms with E-state index in [9.17, 15) is 30.0 Å². The maximum Gasteiger partial charge on any atom is 0.364 e. The van der Waals surface area contributed by atoms with Gasteiger partial charge in [-0.05, 0) is 0 Å². The van der Waals surface area contributed by atoms with E-state index in [4.69, 9.17) is 14.9 Å². The molecule has 0 radical (unpaired) electrons. The third kappa shape index (κ3) is 3.87. The molecule has 10 nitrogen and oxygen atoms in total. The highest BCUT2D eigenvalue weighted by atomic mass is 16.8. The third-order valence-electron chi connectivity index (χ3n) is 3.21. The van der Waals surface area contributed by atoms with Crippen molar-refractivity contribution >= 4 is 11.9 Å². The topological polar surface area (TPSA) is 177 Å².